The first-order valence-corrected chi connectivity index (χ1v) is 7.67. The lowest BCUT2D eigenvalue weighted by Crippen LogP contribution is -2.52. The topological polar surface area (TPSA) is 36.3 Å². The fraction of sp³-hybridized carbons (Fsp3) is 0.533. The van der Waals surface area contributed by atoms with Crippen LogP contribution in [-0.4, -0.2) is 25.3 Å². The highest BCUT2D eigenvalue weighted by Crippen LogP contribution is 2.33. The molecule has 0 spiro atoms. The highest BCUT2D eigenvalue weighted by atomic mass is 79.9. The van der Waals surface area contributed by atoms with E-state index in [9.17, 15) is 0 Å². The van der Waals surface area contributed by atoms with Crippen LogP contribution >= 0.6 is 15.9 Å². The van der Waals surface area contributed by atoms with Gasteiger partial charge in [-0.3, -0.25) is 0 Å². The average Bonchev–Trinajstić information content (AvgIpc) is 2.46. The van der Waals surface area contributed by atoms with Gasteiger partial charge in [0.15, 0.2) is 0 Å². The molecule has 1 saturated carbocycles. The van der Waals surface area contributed by atoms with E-state index in [0.29, 0.717) is 17.7 Å². The molecule has 0 aromatic heterocycles. The summed E-state index contributed by atoms with van der Waals surface area (Å²) in [4.78, 5) is 2.46. The number of nitrogens with zero attached hydrogens (tertiary/aromatic N) is 2. The van der Waals surface area contributed by atoms with Crippen molar-refractivity contribution in [1.29, 1.82) is 5.26 Å². The standard InChI is InChI=1S/C15H17BrN2O/c16-13-9-12(6-5-11(13)10-17)18-7-8-19-15-4-2-1-3-14(15)18/h5-6,9,14-15H,1-4,7-8H2. The highest BCUT2D eigenvalue weighted by molar-refractivity contribution is 9.10. The number of rotatable bonds is 1. The summed E-state index contributed by atoms with van der Waals surface area (Å²) in [6.07, 6.45) is 5.35. The van der Waals surface area contributed by atoms with Crippen LogP contribution in [-0.2, 0) is 4.74 Å². The Bertz CT molecular complexity index is 509. The molecule has 1 saturated heterocycles. The van der Waals surface area contributed by atoms with E-state index in [1.54, 1.807) is 0 Å². The molecule has 100 valence electrons. The van der Waals surface area contributed by atoms with Crippen LogP contribution in [0.5, 0.6) is 0 Å². The number of morpholine rings is 1. The van der Waals surface area contributed by atoms with Crippen LogP contribution in [0.2, 0.25) is 0 Å². The first kappa shape index (κ1) is 13.0. The smallest absolute Gasteiger partial charge is 0.100 e. The van der Waals surface area contributed by atoms with E-state index in [4.69, 9.17) is 10.00 Å². The second-order valence-electron chi connectivity index (χ2n) is 5.23. The van der Waals surface area contributed by atoms with Gasteiger partial charge in [0.1, 0.15) is 6.07 Å². The quantitative estimate of drug-likeness (QED) is 0.795. The minimum absolute atomic E-state index is 0.386. The SMILES string of the molecule is N#Cc1ccc(N2CCOC3CCCCC32)cc1Br. The monoisotopic (exact) mass is 320 g/mol. The predicted octanol–water partition coefficient (Wildman–Crippen LogP) is 3.47. The molecule has 0 bridgehead atoms. The zero-order chi connectivity index (χ0) is 13.2. The third kappa shape index (κ3) is 2.50. The van der Waals surface area contributed by atoms with Crippen molar-refractivity contribution in [1.82, 2.24) is 0 Å². The largest absolute Gasteiger partial charge is 0.374 e. The molecule has 2 unspecified atom stereocenters. The fourth-order valence-electron chi connectivity index (χ4n) is 3.19. The van der Waals surface area contributed by atoms with Crippen molar-refractivity contribution in [3.05, 3.63) is 28.2 Å². The first-order valence-electron chi connectivity index (χ1n) is 6.87. The van der Waals surface area contributed by atoms with Crippen molar-refractivity contribution in [2.24, 2.45) is 0 Å². The number of ether oxygens (including phenoxy) is 1. The number of hydrogen-bond donors (Lipinski definition) is 0. The van der Waals surface area contributed by atoms with E-state index in [1.165, 1.54) is 31.4 Å². The van der Waals surface area contributed by atoms with Crippen molar-refractivity contribution in [3.8, 4) is 6.07 Å². The second kappa shape index (κ2) is 5.52. The number of nitriles is 1. The van der Waals surface area contributed by atoms with Crippen LogP contribution in [0.4, 0.5) is 5.69 Å². The van der Waals surface area contributed by atoms with Crippen LogP contribution in [0.15, 0.2) is 22.7 Å². The summed E-state index contributed by atoms with van der Waals surface area (Å²) in [6.45, 7) is 1.75. The van der Waals surface area contributed by atoms with Crippen LogP contribution < -0.4 is 4.90 Å². The van der Waals surface area contributed by atoms with Crippen molar-refractivity contribution in [2.45, 2.75) is 37.8 Å². The first-order chi connectivity index (χ1) is 9.29. The van der Waals surface area contributed by atoms with E-state index in [1.807, 2.05) is 6.07 Å². The molecule has 0 amide bonds. The van der Waals surface area contributed by atoms with Gasteiger partial charge in [0.2, 0.25) is 0 Å². The van der Waals surface area contributed by atoms with Crippen molar-refractivity contribution in [3.63, 3.8) is 0 Å². The summed E-state index contributed by atoms with van der Waals surface area (Å²) >= 11 is 3.48. The zero-order valence-corrected chi connectivity index (χ0v) is 12.4. The molecule has 2 aliphatic rings. The molecule has 4 heteroatoms. The average molecular weight is 321 g/mol. The van der Waals surface area contributed by atoms with Gasteiger partial charge in [-0.05, 0) is 47.0 Å². The molecule has 1 aromatic rings. The van der Waals surface area contributed by atoms with Crippen LogP contribution in [0.25, 0.3) is 0 Å². The van der Waals surface area contributed by atoms with E-state index in [-0.39, 0.29) is 0 Å². The summed E-state index contributed by atoms with van der Waals surface area (Å²) in [5.74, 6) is 0. The van der Waals surface area contributed by atoms with Gasteiger partial charge in [0.25, 0.3) is 0 Å². The molecule has 1 aliphatic heterocycles. The third-order valence-corrected chi connectivity index (χ3v) is 4.79. The molecule has 19 heavy (non-hydrogen) atoms. The molecule has 2 atom stereocenters. The van der Waals surface area contributed by atoms with E-state index >= 15 is 0 Å². The molecule has 1 heterocycles. The Balaban J connectivity index is 1.88. The Morgan fingerprint density at radius 1 is 1.32 bits per heavy atom. The van der Waals surface area contributed by atoms with Gasteiger partial charge in [-0.25, -0.2) is 0 Å². The van der Waals surface area contributed by atoms with Gasteiger partial charge in [-0.15, -0.1) is 0 Å². The maximum atomic E-state index is 8.99. The normalized spacial score (nSPS) is 26.6. The summed E-state index contributed by atoms with van der Waals surface area (Å²) in [5.41, 5.74) is 1.89. The minimum atomic E-state index is 0.386. The summed E-state index contributed by atoms with van der Waals surface area (Å²) in [6, 6.07) is 8.71. The van der Waals surface area contributed by atoms with E-state index < -0.39 is 0 Å². The van der Waals surface area contributed by atoms with Crippen LogP contribution in [0.1, 0.15) is 31.2 Å². The van der Waals surface area contributed by atoms with Gasteiger partial charge < -0.3 is 9.64 Å². The van der Waals surface area contributed by atoms with Crippen LogP contribution in [0, 0.1) is 11.3 Å². The number of fused-ring (bicyclic) bond motifs is 1. The zero-order valence-electron chi connectivity index (χ0n) is 10.8. The van der Waals surface area contributed by atoms with Gasteiger partial charge >= 0.3 is 0 Å². The van der Waals surface area contributed by atoms with Gasteiger partial charge in [-0.2, -0.15) is 5.26 Å². The summed E-state index contributed by atoms with van der Waals surface area (Å²) in [7, 11) is 0. The van der Waals surface area contributed by atoms with Crippen molar-refractivity contribution >= 4 is 21.6 Å². The summed E-state index contributed by atoms with van der Waals surface area (Å²) in [5, 5.41) is 8.99. The van der Waals surface area contributed by atoms with Crippen molar-refractivity contribution in [2.75, 3.05) is 18.1 Å². The maximum absolute atomic E-state index is 8.99. The Hall–Kier alpha value is -1.05. The molecule has 1 aliphatic carbocycles. The molecular weight excluding hydrogens is 304 g/mol. The lowest BCUT2D eigenvalue weighted by atomic mass is 9.90. The summed E-state index contributed by atoms with van der Waals surface area (Å²) < 4.78 is 6.78. The number of anilines is 1. The molecule has 1 aromatic carbocycles. The Morgan fingerprint density at radius 3 is 2.95 bits per heavy atom. The van der Waals surface area contributed by atoms with Crippen LogP contribution in [0.3, 0.4) is 0 Å². The van der Waals surface area contributed by atoms with E-state index in [2.05, 4.69) is 39.0 Å². The highest BCUT2D eigenvalue weighted by Gasteiger charge is 2.34. The number of hydrogen-bond acceptors (Lipinski definition) is 3. The molecular formula is C15H17BrN2O. The number of benzene rings is 1. The van der Waals surface area contributed by atoms with Gasteiger partial charge in [0, 0.05) is 16.7 Å². The predicted molar refractivity (Wildman–Crippen MR) is 78.2 cm³/mol. The minimum Gasteiger partial charge on any atom is -0.374 e. The van der Waals surface area contributed by atoms with Gasteiger partial charge in [0.05, 0.1) is 24.3 Å². The lowest BCUT2D eigenvalue weighted by Gasteiger charge is -2.45. The Kier molecular flexibility index (Phi) is 3.76. The van der Waals surface area contributed by atoms with Crippen molar-refractivity contribution < 1.29 is 4.74 Å². The molecule has 0 N–H and O–H groups in total. The lowest BCUT2D eigenvalue weighted by molar-refractivity contribution is -0.00868. The molecule has 3 rings (SSSR count). The third-order valence-electron chi connectivity index (χ3n) is 4.14. The van der Waals surface area contributed by atoms with E-state index in [0.717, 1.165) is 17.6 Å². The fourth-order valence-corrected chi connectivity index (χ4v) is 3.65. The Labute approximate surface area is 122 Å². The Morgan fingerprint density at radius 2 is 2.16 bits per heavy atom. The number of halogens is 1. The maximum Gasteiger partial charge on any atom is 0.100 e. The van der Waals surface area contributed by atoms with Gasteiger partial charge in [-0.1, -0.05) is 12.8 Å². The molecule has 3 nitrogen and oxygen atoms in total. The molecule has 0 radical (unpaired) electrons. The molecule has 2 fully saturated rings. The second-order valence-corrected chi connectivity index (χ2v) is 6.08.